The Kier molecular flexibility index (Phi) is 63.9. The summed E-state index contributed by atoms with van der Waals surface area (Å²) in [5.41, 5.74) is -1.04. The van der Waals surface area contributed by atoms with Crippen LogP contribution in [0.3, 0.4) is 0 Å². The quantitative estimate of drug-likeness (QED) is 0.0239. The predicted octanol–water partition coefficient (Wildman–Crippen LogP) is -1.68. The fourth-order valence-corrected chi connectivity index (χ4v) is 16.0. The summed E-state index contributed by atoms with van der Waals surface area (Å²) < 4.78 is 72.4. The van der Waals surface area contributed by atoms with Crippen LogP contribution in [0.15, 0.2) is 0 Å². The van der Waals surface area contributed by atoms with E-state index in [4.69, 9.17) is 61.6 Å². The summed E-state index contributed by atoms with van der Waals surface area (Å²) in [4.78, 5) is 167. The van der Waals surface area contributed by atoms with Crippen LogP contribution in [0.2, 0.25) is 0 Å². The largest absolute Gasteiger partial charge is 0.450 e. The molecule has 16 unspecified atom stereocenters. The van der Waals surface area contributed by atoms with Crippen molar-refractivity contribution in [1.82, 2.24) is 63.4 Å². The molecular weight excluding hydrogens is 1810 g/mol. The summed E-state index contributed by atoms with van der Waals surface area (Å²) in [6.07, 6.45) is -4.15. The van der Waals surface area contributed by atoms with Gasteiger partial charge in [0.25, 0.3) is 0 Å². The number of likely N-dealkylation sites (tertiary alicyclic amines) is 1. The highest BCUT2D eigenvalue weighted by molar-refractivity contribution is 5.84. The molecule has 4 saturated heterocycles. The minimum absolute atomic E-state index is 0.00412. The van der Waals surface area contributed by atoms with E-state index < -0.39 is 165 Å². The molecule has 47 heteroatoms. The molecule has 4 fully saturated rings. The van der Waals surface area contributed by atoms with E-state index >= 15 is 0 Å². The maximum atomic E-state index is 14.2. The monoisotopic (exact) mass is 1970 g/mol. The van der Waals surface area contributed by atoms with Gasteiger partial charge in [-0.25, -0.2) is 14.4 Å². The number of aliphatic hydroxyl groups excluding tert-OH is 9. The zero-order valence-corrected chi connectivity index (χ0v) is 80.6. The number of methoxy groups -OCH3 is 2. The van der Waals surface area contributed by atoms with Gasteiger partial charge >= 0.3 is 18.3 Å². The van der Waals surface area contributed by atoms with Crippen molar-refractivity contribution in [2.24, 2.45) is 0 Å². The van der Waals surface area contributed by atoms with Crippen molar-refractivity contribution >= 4 is 77.2 Å². The molecule has 4 rings (SSSR count). The molecule has 47 nitrogen and oxygen atoms in total. The molecule has 790 valence electrons. The van der Waals surface area contributed by atoms with Gasteiger partial charge in [-0.15, -0.1) is 0 Å². The summed E-state index contributed by atoms with van der Waals surface area (Å²) >= 11 is 0. The first kappa shape index (κ1) is 121. The summed E-state index contributed by atoms with van der Waals surface area (Å²) in [7, 11) is 3.19. The molecule has 12 amide bonds. The number of Topliss-reactive ketones (excluding diaryl/α,β-unsaturated/α-hetero) is 1. The second-order valence-electron chi connectivity index (χ2n) is 34.7. The first-order valence-electron chi connectivity index (χ1n) is 48.5. The van der Waals surface area contributed by atoms with Crippen LogP contribution in [0.5, 0.6) is 0 Å². The van der Waals surface area contributed by atoms with Crippen molar-refractivity contribution in [3.63, 3.8) is 0 Å². The third-order valence-corrected chi connectivity index (χ3v) is 23.4. The van der Waals surface area contributed by atoms with Gasteiger partial charge in [-0.2, -0.15) is 0 Å². The fraction of sp³-hybridized carbons (Fsp3) is 0.856. The zero-order valence-electron chi connectivity index (χ0n) is 80.6. The summed E-state index contributed by atoms with van der Waals surface area (Å²) in [5, 5.41) is 121. The third-order valence-electron chi connectivity index (χ3n) is 23.4. The van der Waals surface area contributed by atoms with E-state index in [2.05, 4.69) is 58.5 Å². The highest BCUT2D eigenvalue weighted by Gasteiger charge is 2.49. The molecule has 0 bridgehead atoms. The maximum Gasteiger partial charge on any atom is 0.407 e. The van der Waals surface area contributed by atoms with Crippen molar-refractivity contribution in [2.75, 3.05) is 159 Å². The van der Waals surface area contributed by atoms with Gasteiger partial charge < -0.3 is 171 Å². The number of amides is 12. The Morgan fingerprint density at radius 2 is 0.730 bits per heavy atom. The van der Waals surface area contributed by atoms with Gasteiger partial charge in [0, 0.05) is 138 Å². The van der Waals surface area contributed by atoms with Crippen molar-refractivity contribution in [1.29, 1.82) is 0 Å². The molecule has 20 N–H and O–H groups in total. The molecule has 4 aliphatic rings. The molecule has 0 radical (unpaired) electrons. The minimum Gasteiger partial charge on any atom is -0.450 e. The van der Waals surface area contributed by atoms with Crippen molar-refractivity contribution in [2.45, 2.75) is 336 Å². The molecule has 0 aromatic carbocycles. The Bertz CT molecular complexity index is 3360. The van der Waals surface area contributed by atoms with E-state index in [9.17, 15) is 108 Å². The van der Waals surface area contributed by atoms with Crippen LogP contribution >= 0.6 is 0 Å². The zero-order chi connectivity index (χ0) is 101. The number of alkyl carbamates (subject to hydrolysis) is 3. The van der Waals surface area contributed by atoms with Crippen LogP contribution in [0.4, 0.5) is 14.4 Å². The Morgan fingerprint density at radius 3 is 1.17 bits per heavy atom. The van der Waals surface area contributed by atoms with Crippen LogP contribution in [0, 0.1) is 0 Å². The van der Waals surface area contributed by atoms with E-state index in [1.807, 2.05) is 0 Å². The van der Waals surface area contributed by atoms with Gasteiger partial charge in [0.1, 0.15) is 85.5 Å². The molecule has 0 aromatic rings. The van der Waals surface area contributed by atoms with E-state index in [1.54, 1.807) is 19.1 Å². The summed E-state index contributed by atoms with van der Waals surface area (Å²) in [6.45, 7) is 4.87. The van der Waals surface area contributed by atoms with Crippen LogP contribution in [0.1, 0.15) is 226 Å². The van der Waals surface area contributed by atoms with Crippen LogP contribution in [-0.4, -0.2) is 397 Å². The molecule has 0 spiro atoms. The van der Waals surface area contributed by atoms with Gasteiger partial charge in [0.2, 0.25) is 53.2 Å². The number of hydrogen-bond acceptors (Lipinski definition) is 35. The van der Waals surface area contributed by atoms with Gasteiger partial charge in [-0.1, -0.05) is 44.9 Å². The lowest BCUT2D eigenvalue weighted by molar-refractivity contribution is -0.270. The van der Waals surface area contributed by atoms with Gasteiger partial charge in [-0.3, -0.25) is 47.9 Å². The lowest BCUT2D eigenvalue weighted by Gasteiger charge is -2.42. The minimum atomic E-state index is -1.47. The maximum absolute atomic E-state index is 14.2. The van der Waals surface area contributed by atoms with Crippen LogP contribution < -0.4 is 58.5 Å². The van der Waals surface area contributed by atoms with E-state index in [0.29, 0.717) is 129 Å². The van der Waals surface area contributed by atoms with E-state index in [-0.39, 0.29) is 204 Å². The number of aliphatic hydroxyl groups is 9. The van der Waals surface area contributed by atoms with Gasteiger partial charge in [0.05, 0.1) is 98.0 Å². The number of nitrogens with zero attached hydrogens (tertiary/aromatic N) is 1. The Hall–Kier alpha value is -8.05. The summed E-state index contributed by atoms with van der Waals surface area (Å²) in [6, 6.07) is -3.37. The number of unbranched alkanes of at least 4 members (excludes halogenated alkanes) is 11. The second-order valence-corrected chi connectivity index (χ2v) is 34.7. The number of rotatable bonds is 75. The highest BCUT2D eigenvalue weighted by Crippen LogP contribution is 2.30. The molecular formula is C90H160N12O35. The predicted molar refractivity (Wildman–Crippen MR) is 487 cm³/mol. The van der Waals surface area contributed by atoms with E-state index in [0.717, 1.165) is 38.5 Å². The highest BCUT2D eigenvalue weighted by atomic mass is 16.7. The number of carbonyl (C=O) groups is 13. The molecule has 0 saturated carbocycles. The first-order valence-corrected chi connectivity index (χ1v) is 48.5. The average Bonchev–Trinajstić information content (AvgIpc) is 1.51. The first-order chi connectivity index (χ1) is 65.9. The fourth-order valence-electron chi connectivity index (χ4n) is 16.0. The summed E-state index contributed by atoms with van der Waals surface area (Å²) in [5.74, 6) is -3.24. The van der Waals surface area contributed by atoms with Crippen molar-refractivity contribution < 1.29 is 170 Å². The van der Waals surface area contributed by atoms with Gasteiger partial charge in [0.15, 0.2) is 18.9 Å². The molecule has 137 heavy (non-hydrogen) atoms. The molecule has 4 heterocycles. The van der Waals surface area contributed by atoms with Crippen LogP contribution in [-0.2, 0) is 110 Å². The second kappa shape index (κ2) is 72.2. The number of ketones is 1. The van der Waals surface area contributed by atoms with Crippen molar-refractivity contribution in [3.05, 3.63) is 0 Å². The lowest BCUT2D eigenvalue weighted by Crippen LogP contribution is -2.64. The average molecular weight is 1970 g/mol. The number of hydrogen-bond donors (Lipinski definition) is 20. The normalized spacial score (nSPS) is 23.4. The molecule has 0 aromatic heterocycles. The number of carbonyl (C=O) groups excluding carboxylic acids is 13. The van der Waals surface area contributed by atoms with E-state index in [1.165, 1.54) is 20.8 Å². The smallest absolute Gasteiger partial charge is 0.407 e. The van der Waals surface area contributed by atoms with Crippen molar-refractivity contribution in [3.8, 4) is 0 Å². The Morgan fingerprint density at radius 1 is 0.358 bits per heavy atom. The topological polar surface area (TPSA) is 660 Å². The van der Waals surface area contributed by atoms with Crippen LogP contribution in [0.25, 0.3) is 0 Å². The molecule has 18 atom stereocenters. The molecule has 4 aliphatic heterocycles. The van der Waals surface area contributed by atoms with Gasteiger partial charge in [-0.05, 0) is 116 Å². The number of ether oxygens (including phenoxy) is 13. The lowest BCUT2D eigenvalue weighted by atomic mass is 9.83. The SMILES string of the molecule is COC[C@H]1C[C@H](OC)CN1C(=O)CCCNC(=O)COCCOCCNC(=O)CCC(=O)NC(CCCCOC(=O)NCCCCCCNC(=O)CCCOC1OC(CO)C(O)C(O)C1NC(C)=O)(CCCOC(=O)NCCCCCCCC(=O)CCCOC1OC(CO)C(O)C(O)C1NC(C)=O)CCCOC(=O)NCCCCCCNC(=O)CCCOC1OC(CO)C(O)C(O)C1NC(C)=O. The standard InChI is InChI=1S/C90H160N12O35/c1-60(106)98-75-81(119)78(116)66(55-103)135-84(75)129-45-22-28-64(109)27-13-7-6-8-17-39-96-88(123)133-48-25-35-90(101-72(113)33-32-71(112)94-43-50-127-51-52-128-59-73(114)93-42-21-31-74(115)102-54-65(126-5)53-63(102)58-125-4,36-26-49-134-89(124)97-41-19-12-10-16-38-92-70(111)30-24-47-131-86-77(100-62(3)108)83(121)80(118)68(57-105)137-86)34-14-20-44-132-87(122)95-40-18-11-9-15-37-91-69(110)29-23-46-130-85-76(99-61(2)107)82(120)79(117)67(56-104)136-85/h63,65-68,75-86,103-105,116-121H,6-59H2,1-5H3,(H,91,110)(H,92,111)(H,93,114)(H,94,112)(H,95,122)(H,96,123)(H,97,124)(H,98,106)(H,99,107)(H,100,108)(H,101,113)/t63-,65+,66?,67?,68?,75?,76?,77?,78?,79?,80?,81?,82?,83?,84?,85?,86?,90?/m1/s1. The molecule has 0 aliphatic carbocycles. The number of nitrogens with one attached hydrogen (secondary N) is 11. The Labute approximate surface area is 802 Å². The third kappa shape index (κ3) is 51.8. The Balaban J connectivity index is 1.28.